The summed E-state index contributed by atoms with van der Waals surface area (Å²) in [6.45, 7) is 7.93. The van der Waals surface area contributed by atoms with E-state index in [0.717, 1.165) is 16.7 Å². The number of methoxy groups -OCH3 is 1. The first-order valence-corrected chi connectivity index (χ1v) is 12.4. The number of carbonyl (C=O) groups is 1. The summed E-state index contributed by atoms with van der Waals surface area (Å²) in [6, 6.07) is 30.5. The van der Waals surface area contributed by atoms with Crippen molar-refractivity contribution in [1.29, 1.82) is 0 Å². The van der Waals surface area contributed by atoms with Gasteiger partial charge in [-0.25, -0.2) is 4.79 Å². The molecular formula is C30H31BN2O4. The van der Waals surface area contributed by atoms with Crippen LogP contribution in [0.4, 0.5) is 0 Å². The molecule has 1 fully saturated rings. The zero-order chi connectivity index (χ0) is 26.3. The van der Waals surface area contributed by atoms with Crippen LogP contribution in [-0.4, -0.2) is 41.2 Å². The molecule has 0 N–H and O–H groups in total. The van der Waals surface area contributed by atoms with E-state index in [1.54, 1.807) is 0 Å². The molecule has 1 saturated heterocycles. The van der Waals surface area contributed by atoms with Gasteiger partial charge in [-0.15, -0.1) is 0 Å². The Bertz CT molecular complexity index is 1270. The molecule has 0 atom stereocenters. The fourth-order valence-corrected chi connectivity index (χ4v) is 4.89. The predicted octanol–water partition coefficient (Wildman–Crippen LogP) is 4.81. The molecule has 0 saturated carbocycles. The number of hydrogen-bond acceptors (Lipinski definition) is 5. The van der Waals surface area contributed by atoms with Crippen LogP contribution in [-0.2, 0) is 19.6 Å². The SMILES string of the molecule is COC(=O)c1nn(C(c2ccccc2)(c2ccccc2)c2ccccc2)cc1B1OC(C)(C)C(C)(C)O1. The fraction of sp³-hybridized carbons (Fsp3) is 0.267. The van der Waals surface area contributed by atoms with Gasteiger partial charge >= 0.3 is 13.1 Å². The number of nitrogens with zero attached hydrogens (tertiary/aromatic N) is 2. The van der Waals surface area contributed by atoms with Gasteiger partial charge < -0.3 is 14.0 Å². The number of aromatic nitrogens is 2. The molecule has 0 radical (unpaired) electrons. The van der Waals surface area contributed by atoms with Crippen molar-refractivity contribution in [2.24, 2.45) is 0 Å². The van der Waals surface area contributed by atoms with E-state index in [2.05, 4.69) is 36.4 Å². The standard InChI is InChI=1S/C30H31BN2O4/c1-28(2)29(3,4)37-31(36-28)25-21-33(32-26(25)27(34)35-5)30(22-15-9-6-10-16-22,23-17-11-7-12-18-23)24-19-13-8-14-20-24/h6-21H,1-5H3. The minimum atomic E-state index is -0.881. The van der Waals surface area contributed by atoms with E-state index in [9.17, 15) is 4.79 Å². The average molecular weight is 494 g/mol. The van der Waals surface area contributed by atoms with Gasteiger partial charge in [-0.1, -0.05) is 91.0 Å². The molecule has 0 unspecified atom stereocenters. The number of ether oxygens (including phenoxy) is 1. The molecule has 0 spiro atoms. The van der Waals surface area contributed by atoms with E-state index in [-0.39, 0.29) is 5.69 Å². The maximum Gasteiger partial charge on any atom is 0.498 e. The van der Waals surface area contributed by atoms with Crippen LogP contribution in [0.15, 0.2) is 97.2 Å². The van der Waals surface area contributed by atoms with Gasteiger partial charge in [-0.3, -0.25) is 4.68 Å². The summed E-state index contributed by atoms with van der Waals surface area (Å²) < 4.78 is 19.7. The van der Waals surface area contributed by atoms with Crippen LogP contribution in [0.2, 0.25) is 0 Å². The summed E-state index contributed by atoms with van der Waals surface area (Å²) >= 11 is 0. The zero-order valence-corrected chi connectivity index (χ0v) is 21.8. The Labute approximate surface area is 218 Å². The highest BCUT2D eigenvalue weighted by atomic mass is 16.7. The molecule has 5 rings (SSSR count). The lowest BCUT2D eigenvalue weighted by Gasteiger charge is -2.36. The van der Waals surface area contributed by atoms with Gasteiger partial charge in [0, 0.05) is 11.7 Å². The molecule has 4 aromatic rings. The molecule has 6 nitrogen and oxygen atoms in total. The third-order valence-electron chi connectivity index (χ3n) is 7.55. The molecule has 0 bridgehead atoms. The second-order valence-electron chi connectivity index (χ2n) is 10.3. The van der Waals surface area contributed by atoms with Crippen LogP contribution in [0.1, 0.15) is 54.9 Å². The normalized spacial score (nSPS) is 16.5. The number of esters is 1. The summed E-state index contributed by atoms with van der Waals surface area (Å²) in [5.74, 6) is -0.549. The molecule has 0 amide bonds. The molecule has 188 valence electrons. The van der Waals surface area contributed by atoms with Gasteiger partial charge in [0.1, 0.15) is 5.54 Å². The van der Waals surface area contributed by atoms with Crippen molar-refractivity contribution >= 4 is 18.6 Å². The minimum absolute atomic E-state index is 0.160. The van der Waals surface area contributed by atoms with Crippen molar-refractivity contribution in [3.63, 3.8) is 0 Å². The third kappa shape index (κ3) is 4.08. The average Bonchev–Trinajstić information content (AvgIpc) is 3.44. The highest BCUT2D eigenvalue weighted by Gasteiger charge is 2.54. The van der Waals surface area contributed by atoms with Crippen LogP contribution in [0.3, 0.4) is 0 Å². The van der Waals surface area contributed by atoms with Crippen molar-refractivity contribution in [2.45, 2.75) is 44.4 Å². The van der Waals surface area contributed by atoms with E-state index in [1.807, 2.05) is 93.2 Å². The molecular weight excluding hydrogens is 463 g/mol. The molecule has 7 heteroatoms. The first-order chi connectivity index (χ1) is 17.7. The smallest absolute Gasteiger partial charge is 0.464 e. The Morgan fingerprint density at radius 1 is 0.784 bits per heavy atom. The topological polar surface area (TPSA) is 62.6 Å². The lowest BCUT2D eigenvalue weighted by Crippen LogP contribution is -2.41. The molecule has 1 aromatic heterocycles. The summed E-state index contributed by atoms with van der Waals surface area (Å²) in [5, 5.41) is 4.90. The number of hydrogen-bond donors (Lipinski definition) is 0. The summed E-state index contributed by atoms with van der Waals surface area (Å²) in [5.41, 5.74) is 1.62. The fourth-order valence-electron chi connectivity index (χ4n) is 4.89. The second kappa shape index (κ2) is 9.32. The quantitative estimate of drug-likeness (QED) is 0.219. The highest BCUT2D eigenvalue weighted by Crippen LogP contribution is 2.41. The number of benzene rings is 3. The molecule has 3 aromatic carbocycles. The van der Waals surface area contributed by atoms with Crippen LogP contribution in [0.25, 0.3) is 0 Å². The van der Waals surface area contributed by atoms with Crippen LogP contribution in [0.5, 0.6) is 0 Å². The van der Waals surface area contributed by atoms with E-state index < -0.39 is 29.8 Å². The van der Waals surface area contributed by atoms with E-state index in [0.29, 0.717) is 5.46 Å². The van der Waals surface area contributed by atoms with E-state index in [4.69, 9.17) is 19.1 Å². The lowest BCUT2D eigenvalue weighted by molar-refractivity contribution is 0.00578. The second-order valence-corrected chi connectivity index (χ2v) is 10.3. The van der Waals surface area contributed by atoms with Crippen LogP contribution >= 0.6 is 0 Å². The predicted molar refractivity (Wildman–Crippen MR) is 144 cm³/mol. The first kappa shape index (κ1) is 25.0. The van der Waals surface area contributed by atoms with Gasteiger partial charge in [0.25, 0.3) is 0 Å². The van der Waals surface area contributed by atoms with E-state index in [1.165, 1.54) is 7.11 Å². The largest absolute Gasteiger partial charge is 0.498 e. The van der Waals surface area contributed by atoms with Crippen molar-refractivity contribution < 1.29 is 18.8 Å². The van der Waals surface area contributed by atoms with Gasteiger partial charge in [0.05, 0.1) is 18.3 Å². The summed E-state index contributed by atoms with van der Waals surface area (Å²) in [4.78, 5) is 13.1. The van der Waals surface area contributed by atoms with Crippen molar-refractivity contribution in [3.8, 4) is 0 Å². The minimum Gasteiger partial charge on any atom is -0.464 e. The lowest BCUT2D eigenvalue weighted by atomic mass is 9.76. The summed E-state index contributed by atoms with van der Waals surface area (Å²) in [6.07, 6.45) is 1.86. The Hall–Kier alpha value is -3.68. The third-order valence-corrected chi connectivity index (χ3v) is 7.55. The molecule has 0 aliphatic carbocycles. The maximum absolute atomic E-state index is 13.1. The molecule has 2 heterocycles. The Morgan fingerprint density at radius 2 is 1.19 bits per heavy atom. The van der Waals surface area contributed by atoms with Crippen molar-refractivity contribution in [1.82, 2.24) is 9.78 Å². The molecule has 37 heavy (non-hydrogen) atoms. The maximum atomic E-state index is 13.1. The number of rotatable bonds is 6. The highest BCUT2D eigenvalue weighted by molar-refractivity contribution is 6.63. The molecule has 1 aliphatic heterocycles. The van der Waals surface area contributed by atoms with Gasteiger partial charge in [0.15, 0.2) is 5.69 Å². The van der Waals surface area contributed by atoms with Crippen LogP contribution < -0.4 is 5.46 Å². The summed E-state index contributed by atoms with van der Waals surface area (Å²) in [7, 11) is 0.571. The van der Waals surface area contributed by atoms with Gasteiger partial charge in [-0.05, 0) is 44.4 Å². The van der Waals surface area contributed by atoms with Crippen molar-refractivity contribution in [2.75, 3.05) is 7.11 Å². The Balaban J connectivity index is 1.82. The van der Waals surface area contributed by atoms with Crippen LogP contribution in [0, 0.1) is 0 Å². The van der Waals surface area contributed by atoms with Gasteiger partial charge in [0.2, 0.25) is 0 Å². The Kier molecular flexibility index (Phi) is 6.30. The Morgan fingerprint density at radius 3 is 1.57 bits per heavy atom. The number of carbonyl (C=O) groups excluding carboxylic acids is 1. The monoisotopic (exact) mass is 494 g/mol. The van der Waals surface area contributed by atoms with E-state index >= 15 is 0 Å². The van der Waals surface area contributed by atoms with Crippen molar-refractivity contribution in [3.05, 3.63) is 120 Å². The van der Waals surface area contributed by atoms with Gasteiger partial charge in [-0.2, -0.15) is 5.10 Å². The first-order valence-electron chi connectivity index (χ1n) is 12.4. The molecule has 1 aliphatic rings. The zero-order valence-electron chi connectivity index (χ0n) is 21.8.